The molecule has 0 aromatic rings. The van der Waals surface area contributed by atoms with Crippen LogP contribution >= 0.6 is 0 Å². The summed E-state index contributed by atoms with van der Waals surface area (Å²) in [6.45, 7) is 4.74. The molecule has 0 aliphatic carbocycles. The molecule has 0 spiro atoms. The van der Waals surface area contributed by atoms with Gasteiger partial charge in [0.1, 0.15) is 5.78 Å². The zero-order valence-corrected chi connectivity index (χ0v) is 10.1. The average Bonchev–Trinajstić information content (AvgIpc) is 2.26. The fourth-order valence-electron chi connectivity index (χ4n) is 2.07. The molecule has 1 amide bonds. The SMILES string of the molecule is CC(=O)CCC(=O)N1CCC(C(C)O)CC1. The van der Waals surface area contributed by atoms with Gasteiger partial charge in [-0.2, -0.15) is 0 Å². The topological polar surface area (TPSA) is 57.6 Å². The number of aliphatic hydroxyl groups is 1. The number of aliphatic hydroxyl groups excluding tert-OH is 1. The van der Waals surface area contributed by atoms with E-state index in [1.165, 1.54) is 6.92 Å². The molecular weight excluding hydrogens is 206 g/mol. The molecule has 1 aliphatic heterocycles. The first-order valence-electron chi connectivity index (χ1n) is 5.96. The van der Waals surface area contributed by atoms with Gasteiger partial charge >= 0.3 is 0 Å². The van der Waals surface area contributed by atoms with Gasteiger partial charge in [0.25, 0.3) is 0 Å². The van der Waals surface area contributed by atoms with Crippen LogP contribution in [0.2, 0.25) is 0 Å². The highest BCUT2D eigenvalue weighted by Gasteiger charge is 2.25. The molecule has 0 bridgehead atoms. The molecule has 0 aromatic heterocycles. The number of piperidine rings is 1. The molecule has 4 nitrogen and oxygen atoms in total. The Hall–Kier alpha value is -0.900. The summed E-state index contributed by atoms with van der Waals surface area (Å²) in [6.07, 6.45) is 2.12. The molecule has 1 rings (SSSR count). The molecule has 16 heavy (non-hydrogen) atoms. The number of carbonyl (C=O) groups is 2. The first-order valence-corrected chi connectivity index (χ1v) is 5.96. The van der Waals surface area contributed by atoms with Gasteiger partial charge in [0.2, 0.25) is 5.91 Å². The van der Waals surface area contributed by atoms with Crippen LogP contribution in [0.25, 0.3) is 0 Å². The van der Waals surface area contributed by atoms with Crippen LogP contribution in [0.1, 0.15) is 39.5 Å². The van der Waals surface area contributed by atoms with E-state index in [-0.39, 0.29) is 17.8 Å². The van der Waals surface area contributed by atoms with Gasteiger partial charge in [0.15, 0.2) is 0 Å². The van der Waals surface area contributed by atoms with Crippen molar-refractivity contribution in [2.75, 3.05) is 13.1 Å². The van der Waals surface area contributed by atoms with Gasteiger partial charge in [-0.15, -0.1) is 0 Å². The van der Waals surface area contributed by atoms with Crippen molar-refractivity contribution in [2.45, 2.75) is 45.6 Å². The van der Waals surface area contributed by atoms with Crippen LogP contribution in [0.4, 0.5) is 0 Å². The van der Waals surface area contributed by atoms with Crippen LogP contribution in [0.15, 0.2) is 0 Å². The van der Waals surface area contributed by atoms with Crippen molar-refractivity contribution in [1.82, 2.24) is 4.90 Å². The van der Waals surface area contributed by atoms with E-state index in [9.17, 15) is 14.7 Å². The van der Waals surface area contributed by atoms with Gasteiger partial charge in [-0.1, -0.05) is 0 Å². The number of likely N-dealkylation sites (tertiary alicyclic amines) is 1. The maximum Gasteiger partial charge on any atom is 0.223 e. The Morgan fingerprint density at radius 2 is 1.88 bits per heavy atom. The summed E-state index contributed by atoms with van der Waals surface area (Å²) in [7, 11) is 0. The van der Waals surface area contributed by atoms with E-state index in [2.05, 4.69) is 0 Å². The second kappa shape index (κ2) is 5.99. The monoisotopic (exact) mass is 227 g/mol. The Bertz CT molecular complexity index is 255. The lowest BCUT2D eigenvalue weighted by Gasteiger charge is -2.33. The summed E-state index contributed by atoms with van der Waals surface area (Å²) < 4.78 is 0. The maximum atomic E-state index is 11.7. The quantitative estimate of drug-likeness (QED) is 0.778. The Labute approximate surface area is 96.6 Å². The normalized spacial score (nSPS) is 19.6. The Morgan fingerprint density at radius 1 is 1.31 bits per heavy atom. The molecule has 1 aliphatic rings. The minimum atomic E-state index is -0.283. The van der Waals surface area contributed by atoms with Crippen LogP contribution < -0.4 is 0 Å². The number of hydrogen-bond donors (Lipinski definition) is 1. The number of amides is 1. The summed E-state index contributed by atoms with van der Waals surface area (Å²) in [4.78, 5) is 24.3. The van der Waals surface area contributed by atoms with Crippen molar-refractivity contribution in [2.24, 2.45) is 5.92 Å². The van der Waals surface area contributed by atoms with E-state index < -0.39 is 0 Å². The van der Waals surface area contributed by atoms with Gasteiger partial charge in [0, 0.05) is 25.9 Å². The van der Waals surface area contributed by atoms with Crippen LogP contribution in [-0.4, -0.2) is 40.9 Å². The fraction of sp³-hybridized carbons (Fsp3) is 0.833. The summed E-state index contributed by atoms with van der Waals surface area (Å²) in [6, 6.07) is 0. The highest BCUT2D eigenvalue weighted by atomic mass is 16.3. The summed E-state index contributed by atoms with van der Waals surface area (Å²) in [5, 5.41) is 9.43. The number of ketones is 1. The van der Waals surface area contributed by atoms with E-state index >= 15 is 0 Å². The molecule has 4 heteroatoms. The first-order chi connectivity index (χ1) is 7.50. The molecule has 1 N–H and O–H groups in total. The molecule has 0 saturated carbocycles. The van der Waals surface area contributed by atoms with Gasteiger partial charge in [-0.05, 0) is 32.6 Å². The summed E-state index contributed by atoms with van der Waals surface area (Å²) in [5.41, 5.74) is 0. The molecular formula is C12H21NO3. The van der Waals surface area contributed by atoms with Crippen LogP contribution in [0.5, 0.6) is 0 Å². The molecule has 0 radical (unpaired) electrons. The second-order valence-electron chi connectivity index (χ2n) is 4.66. The summed E-state index contributed by atoms with van der Waals surface area (Å²) in [5.74, 6) is 0.448. The number of rotatable bonds is 4. The van der Waals surface area contributed by atoms with Crippen molar-refractivity contribution < 1.29 is 14.7 Å². The van der Waals surface area contributed by atoms with Gasteiger partial charge < -0.3 is 14.8 Å². The molecule has 0 aromatic carbocycles. The molecule has 92 valence electrons. The number of carbonyl (C=O) groups excluding carboxylic acids is 2. The van der Waals surface area contributed by atoms with Gasteiger partial charge in [-0.3, -0.25) is 4.79 Å². The van der Waals surface area contributed by atoms with E-state index in [0.717, 1.165) is 12.8 Å². The summed E-state index contributed by atoms with van der Waals surface area (Å²) >= 11 is 0. The van der Waals surface area contributed by atoms with E-state index in [0.29, 0.717) is 31.8 Å². The smallest absolute Gasteiger partial charge is 0.223 e. The van der Waals surface area contributed by atoms with Crippen LogP contribution in [-0.2, 0) is 9.59 Å². The third kappa shape index (κ3) is 3.93. The van der Waals surface area contributed by atoms with Crippen molar-refractivity contribution in [3.63, 3.8) is 0 Å². The van der Waals surface area contributed by atoms with Crippen molar-refractivity contribution in [3.05, 3.63) is 0 Å². The van der Waals surface area contributed by atoms with E-state index in [4.69, 9.17) is 0 Å². The zero-order chi connectivity index (χ0) is 12.1. The second-order valence-corrected chi connectivity index (χ2v) is 4.66. The van der Waals surface area contributed by atoms with Crippen LogP contribution in [0, 0.1) is 5.92 Å². The van der Waals surface area contributed by atoms with Gasteiger partial charge in [0.05, 0.1) is 6.10 Å². The Balaban J connectivity index is 2.30. The van der Waals surface area contributed by atoms with Crippen molar-refractivity contribution >= 4 is 11.7 Å². The minimum Gasteiger partial charge on any atom is -0.393 e. The fourth-order valence-corrected chi connectivity index (χ4v) is 2.07. The predicted octanol–water partition coefficient (Wildman–Crippen LogP) is 0.975. The van der Waals surface area contributed by atoms with Gasteiger partial charge in [-0.25, -0.2) is 0 Å². The third-order valence-corrected chi connectivity index (χ3v) is 3.27. The average molecular weight is 227 g/mol. The molecule has 1 fully saturated rings. The van der Waals surface area contributed by atoms with E-state index in [1.54, 1.807) is 6.92 Å². The largest absolute Gasteiger partial charge is 0.393 e. The Kier molecular flexibility index (Phi) is 4.93. The van der Waals surface area contributed by atoms with E-state index in [1.807, 2.05) is 4.90 Å². The maximum absolute atomic E-state index is 11.7. The standard InChI is InChI=1S/C12H21NO3/c1-9(14)3-4-12(16)13-7-5-11(6-8-13)10(2)15/h10-11,15H,3-8H2,1-2H3. The molecule has 1 atom stereocenters. The lowest BCUT2D eigenvalue weighted by atomic mass is 9.92. The highest BCUT2D eigenvalue weighted by molar-refractivity contribution is 5.83. The van der Waals surface area contributed by atoms with Crippen molar-refractivity contribution in [1.29, 1.82) is 0 Å². The number of nitrogens with zero attached hydrogens (tertiary/aromatic N) is 1. The van der Waals surface area contributed by atoms with Crippen molar-refractivity contribution in [3.8, 4) is 0 Å². The molecule has 1 heterocycles. The lowest BCUT2D eigenvalue weighted by molar-refractivity contribution is -0.134. The van der Waals surface area contributed by atoms with Crippen LogP contribution in [0.3, 0.4) is 0 Å². The number of Topliss-reactive ketones (excluding diaryl/α,β-unsaturated/α-hetero) is 1. The Morgan fingerprint density at radius 3 is 2.31 bits per heavy atom. The predicted molar refractivity (Wildman–Crippen MR) is 60.9 cm³/mol. The lowest BCUT2D eigenvalue weighted by Crippen LogP contribution is -2.40. The third-order valence-electron chi connectivity index (χ3n) is 3.27. The molecule has 1 saturated heterocycles. The minimum absolute atomic E-state index is 0.0622. The number of hydrogen-bond acceptors (Lipinski definition) is 3. The highest BCUT2D eigenvalue weighted by Crippen LogP contribution is 2.21. The zero-order valence-electron chi connectivity index (χ0n) is 10.1. The molecule has 1 unspecified atom stereocenters. The first kappa shape index (κ1) is 13.2.